The molecule has 1 aromatic heterocycles. The van der Waals surface area contributed by atoms with Crippen molar-refractivity contribution in [2.24, 2.45) is 0 Å². The molecule has 0 aliphatic carbocycles. The average Bonchev–Trinajstić information content (AvgIpc) is 2.78. The number of nitrogens with zero attached hydrogens (tertiary/aromatic N) is 3. The van der Waals surface area contributed by atoms with E-state index < -0.39 is 0 Å². The smallest absolute Gasteiger partial charge is 0.266 e. The Morgan fingerprint density at radius 2 is 1.70 bits per heavy atom. The fourth-order valence-corrected chi connectivity index (χ4v) is 3.32. The fraction of sp³-hybridized carbons (Fsp3) is 0.120. The zero-order chi connectivity index (χ0) is 21.1. The van der Waals surface area contributed by atoms with Crippen LogP contribution in [-0.2, 0) is 0 Å². The molecule has 0 saturated carbocycles. The van der Waals surface area contributed by atoms with Crippen molar-refractivity contribution in [3.8, 4) is 11.4 Å². The van der Waals surface area contributed by atoms with E-state index in [9.17, 15) is 4.79 Å². The summed E-state index contributed by atoms with van der Waals surface area (Å²) in [6, 6.07) is 23.0. The van der Waals surface area contributed by atoms with Gasteiger partial charge in [-0.25, -0.2) is 4.98 Å². The molecular formula is C25H23N3O2. The van der Waals surface area contributed by atoms with E-state index in [4.69, 9.17) is 9.72 Å². The summed E-state index contributed by atoms with van der Waals surface area (Å²) in [5.41, 5.74) is 3.42. The van der Waals surface area contributed by atoms with Crippen LogP contribution < -0.4 is 15.2 Å². The number of fused-ring (bicyclic) bond motifs is 1. The lowest BCUT2D eigenvalue weighted by Crippen LogP contribution is -2.22. The molecule has 30 heavy (non-hydrogen) atoms. The highest BCUT2D eigenvalue weighted by Crippen LogP contribution is 2.20. The quantitative estimate of drug-likeness (QED) is 0.493. The predicted molar refractivity (Wildman–Crippen MR) is 124 cm³/mol. The summed E-state index contributed by atoms with van der Waals surface area (Å²) in [4.78, 5) is 20.1. The maximum absolute atomic E-state index is 13.3. The van der Waals surface area contributed by atoms with E-state index in [-0.39, 0.29) is 5.56 Å². The summed E-state index contributed by atoms with van der Waals surface area (Å²) in [5.74, 6) is 1.24. The highest BCUT2D eigenvalue weighted by Gasteiger charge is 2.11. The maximum Gasteiger partial charge on any atom is 0.266 e. The van der Waals surface area contributed by atoms with Crippen LogP contribution in [0.15, 0.2) is 77.6 Å². The molecule has 150 valence electrons. The van der Waals surface area contributed by atoms with E-state index in [0.29, 0.717) is 28.2 Å². The first-order valence-corrected chi connectivity index (χ1v) is 9.68. The summed E-state index contributed by atoms with van der Waals surface area (Å²) in [6.45, 7) is 0. The van der Waals surface area contributed by atoms with E-state index in [1.54, 1.807) is 17.7 Å². The Morgan fingerprint density at radius 3 is 2.43 bits per heavy atom. The molecule has 1 heterocycles. The van der Waals surface area contributed by atoms with Gasteiger partial charge in [0, 0.05) is 25.8 Å². The van der Waals surface area contributed by atoms with E-state index in [2.05, 4.69) is 17.0 Å². The first-order valence-electron chi connectivity index (χ1n) is 9.68. The predicted octanol–water partition coefficient (Wildman–Crippen LogP) is 4.63. The fourth-order valence-electron chi connectivity index (χ4n) is 3.32. The molecule has 0 amide bonds. The molecule has 5 nitrogen and oxygen atoms in total. The van der Waals surface area contributed by atoms with Crippen molar-refractivity contribution in [2.45, 2.75) is 0 Å². The third kappa shape index (κ3) is 3.82. The Bertz CT molecular complexity index is 1270. The van der Waals surface area contributed by atoms with Crippen LogP contribution in [0.4, 0.5) is 5.69 Å². The van der Waals surface area contributed by atoms with Crippen molar-refractivity contribution < 1.29 is 4.74 Å². The van der Waals surface area contributed by atoms with Gasteiger partial charge in [0.05, 0.1) is 23.7 Å². The molecule has 3 aromatic carbocycles. The molecule has 0 fully saturated rings. The van der Waals surface area contributed by atoms with Gasteiger partial charge >= 0.3 is 0 Å². The Labute approximate surface area is 175 Å². The van der Waals surface area contributed by atoms with Gasteiger partial charge in [-0.2, -0.15) is 0 Å². The van der Waals surface area contributed by atoms with E-state index in [1.165, 1.54) is 0 Å². The lowest BCUT2D eigenvalue weighted by Gasteiger charge is -2.13. The lowest BCUT2D eigenvalue weighted by atomic mass is 10.1. The Kier molecular flexibility index (Phi) is 5.35. The maximum atomic E-state index is 13.3. The summed E-state index contributed by atoms with van der Waals surface area (Å²) in [5, 5.41) is 0.577. The number of aromatic nitrogens is 2. The number of hydrogen-bond donors (Lipinski definition) is 0. The second kappa shape index (κ2) is 8.25. The molecule has 0 radical (unpaired) electrons. The third-order valence-electron chi connectivity index (χ3n) is 4.95. The van der Waals surface area contributed by atoms with Crippen LogP contribution in [0.2, 0.25) is 0 Å². The van der Waals surface area contributed by atoms with E-state index in [1.807, 2.05) is 80.8 Å². The van der Waals surface area contributed by atoms with Crippen molar-refractivity contribution >= 4 is 28.7 Å². The second-order valence-electron chi connectivity index (χ2n) is 7.15. The highest BCUT2D eigenvalue weighted by atomic mass is 16.5. The largest absolute Gasteiger partial charge is 0.497 e. The SMILES string of the molecule is COc1cccc(-n2c(/C=C/c3ccc(N(C)C)cc3)nc3ccccc3c2=O)c1. The van der Waals surface area contributed by atoms with Crippen LogP contribution >= 0.6 is 0 Å². The third-order valence-corrected chi connectivity index (χ3v) is 4.95. The molecule has 0 bridgehead atoms. The van der Waals surface area contributed by atoms with Gasteiger partial charge in [0.15, 0.2) is 0 Å². The topological polar surface area (TPSA) is 47.4 Å². The van der Waals surface area contributed by atoms with Crippen molar-refractivity contribution in [1.82, 2.24) is 9.55 Å². The van der Waals surface area contributed by atoms with Gasteiger partial charge in [0.25, 0.3) is 5.56 Å². The number of benzene rings is 3. The van der Waals surface area contributed by atoms with Gasteiger partial charge in [-0.05, 0) is 48.0 Å². The van der Waals surface area contributed by atoms with Gasteiger partial charge < -0.3 is 9.64 Å². The molecule has 5 heteroatoms. The summed E-state index contributed by atoms with van der Waals surface area (Å²) in [6.07, 6.45) is 3.84. The molecule has 0 saturated heterocycles. The van der Waals surface area contributed by atoms with Gasteiger partial charge in [-0.1, -0.05) is 36.4 Å². The minimum absolute atomic E-state index is 0.114. The molecule has 0 aliphatic heterocycles. The lowest BCUT2D eigenvalue weighted by molar-refractivity contribution is 0.414. The monoisotopic (exact) mass is 397 g/mol. The minimum Gasteiger partial charge on any atom is -0.497 e. The molecule has 4 aromatic rings. The van der Waals surface area contributed by atoms with Crippen molar-refractivity contribution in [3.63, 3.8) is 0 Å². The average molecular weight is 397 g/mol. The second-order valence-corrected chi connectivity index (χ2v) is 7.15. The molecule has 0 unspecified atom stereocenters. The number of ether oxygens (including phenoxy) is 1. The Hall–Kier alpha value is -3.86. The van der Waals surface area contributed by atoms with E-state index in [0.717, 1.165) is 11.3 Å². The molecule has 4 rings (SSSR count). The minimum atomic E-state index is -0.114. The normalized spacial score (nSPS) is 11.2. The van der Waals surface area contributed by atoms with Crippen LogP contribution in [-0.4, -0.2) is 30.8 Å². The molecule has 0 atom stereocenters. The molecule has 0 aliphatic rings. The highest BCUT2D eigenvalue weighted by molar-refractivity contribution is 5.80. The van der Waals surface area contributed by atoms with E-state index >= 15 is 0 Å². The van der Waals surface area contributed by atoms with Crippen LogP contribution in [0.3, 0.4) is 0 Å². The number of para-hydroxylation sites is 1. The summed E-state index contributed by atoms with van der Waals surface area (Å²) >= 11 is 0. The van der Waals surface area contributed by atoms with Gasteiger partial charge in [0.2, 0.25) is 0 Å². The molecule has 0 spiro atoms. The standard InChI is InChI=1S/C25H23N3O2/c1-27(2)19-14-11-18(12-15-19)13-16-24-26-23-10-5-4-9-22(23)25(29)28(24)20-7-6-8-21(17-20)30-3/h4-17H,1-3H3/b16-13+. The number of methoxy groups -OCH3 is 1. The summed E-state index contributed by atoms with van der Waals surface area (Å²) in [7, 11) is 5.63. The zero-order valence-electron chi connectivity index (χ0n) is 17.2. The van der Waals surface area contributed by atoms with Crippen LogP contribution in [0, 0.1) is 0 Å². The number of anilines is 1. The Morgan fingerprint density at radius 1 is 0.933 bits per heavy atom. The first kappa shape index (κ1) is 19.5. The van der Waals surface area contributed by atoms with Crippen LogP contribution in [0.5, 0.6) is 5.75 Å². The zero-order valence-corrected chi connectivity index (χ0v) is 17.2. The summed E-state index contributed by atoms with van der Waals surface area (Å²) < 4.78 is 6.97. The number of rotatable bonds is 5. The first-order chi connectivity index (χ1) is 14.6. The number of hydrogen-bond acceptors (Lipinski definition) is 4. The van der Waals surface area contributed by atoms with Crippen molar-refractivity contribution in [2.75, 3.05) is 26.1 Å². The van der Waals surface area contributed by atoms with Gasteiger partial charge in [-0.3, -0.25) is 9.36 Å². The van der Waals surface area contributed by atoms with Gasteiger partial charge in [-0.15, -0.1) is 0 Å². The van der Waals surface area contributed by atoms with Crippen molar-refractivity contribution in [1.29, 1.82) is 0 Å². The molecule has 0 N–H and O–H groups in total. The molecular weight excluding hydrogens is 374 g/mol. The van der Waals surface area contributed by atoms with Crippen LogP contribution in [0.1, 0.15) is 11.4 Å². The van der Waals surface area contributed by atoms with Gasteiger partial charge in [0.1, 0.15) is 11.6 Å². The van der Waals surface area contributed by atoms with Crippen LogP contribution in [0.25, 0.3) is 28.7 Å². The van der Waals surface area contributed by atoms with Crippen molar-refractivity contribution in [3.05, 3.63) is 94.5 Å². The Balaban J connectivity index is 1.86.